The summed E-state index contributed by atoms with van der Waals surface area (Å²) in [6.45, 7) is 2.16. The van der Waals surface area contributed by atoms with Gasteiger partial charge in [-0.2, -0.15) is 0 Å². The Morgan fingerprint density at radius 1 is 1.41 bits per heavy atom. The molecule has 1 aliphatic heterocycles. The van der Waals surface area contributed by atoms with Gasteiger partial charge < -0.3 is 4.57 Å². The summed E-state index contributed by atoms with van der Waals surface area (Å²) >= 11 is 0. The Kier molecular flexibility index (Phi) is 4.04. The monoisotopic (exact) mass is 304 g/mol. The van der Waals surface area contributed by atoms with E-state index in [9.17, 15) is 8.78 Å². The highest BCUT2D eigenvalue weighted by Crippen LogP contribution is 2.34. The maximum absolute atomic E-state index is 14.3. The molecule has 1 saturated heterocycles. The molecule has 2 aromatic rings. The summed E-state index contributed by atoms with van der Waals surface area (Å²) in [5.74, 6) is -1.64. The number of halogens is 2. The first-order valence-electron chi connectivity index (χ1n) is 6.90. The fraction of sp³-hybridized carbons (Fsp3) is 0.357. The lowest BCUT2D eigenvalue weighted by Gasteiger charge is -2.17. The van der Waals surface area contributed by atoms with Crippen LogP contribution in [0.15, 0.2) is 36.0 Å². The SMILES string of the molecule is [N-]=[N+]=Nc1c(F)ccc(C2CCN(Cn3ccnc3)C2)c1F. The standard InChI is InChI=1S/C14H14F2N6/c15-12-2-1-11(13(16)14(12)19-20-17)10-3-5-21(7-10)9-22-6-4-18-8-22/h1-2,4,6,8,10H,3,5,7,9H2. The summed E-state index contributed by atoms with van der Waals surface area (Å²) in [6.07, 6.45) is 6.07. The van der Waals surface area contributed by atoms with Crippen molar-refractivity contribution in [3.05, 3.63) is 58.5 Å². The number of imidazole rings is 1. The largest absolute Gasteiger partial charge is 0.324 e. The zero-order chi connectivity index (χ0) is 15.5. The van der Waals surface area contributed by atoms with Crippen LogP contribution in [0.1, 0.15) is 17.9 Å². The molecule has 0 amide bonds. The van der Waals surface area contributed by atoms with Crippen molar-refractivity contribution < 1.29 is 8.78 Å². The predicted octanol–water partition coefficient (Wildman–Crippen LogP) is 3.55. The van der Waals surface area contributed by atoms with Crippen molar-refractivity contribution in [3.8, 4) is 0 Å². The highest BCUT2D eigenvalue weighted by atomic mass is 19.1. The minimum absolute atomic E-state index is 0.0447. The van der Waals surface area contributed by atoms with Crippen LogP contribution in [0.2, 0.25) is 0 Å². The van der Waals surface area contributed by atoms with E-state index < -0.39 is 17.3 Å². The maximum Gasteiger partial charge on any atom is 0.139 e. The number of hydrogen-bond donors (Lipinski definition) is 0. The van der Waals surface area contributed by atoms with Gasteiger partial charge in [0.05, 0.1) is 13.0 Å². The lowest BCUT2D eigenvalue weighted by Crippen LogP contribution is -2.23. The minimum Gasteiger partial charge on any atom is -0.324 e. The number of nitrogens with zero attached hydrogens (tertiary/aromatic N) is 6. The Morgan fingerprint density at radius 3 is 3.00 bits per heavy atom. The van der Waals surface area contributed by atoms with E-state index in [1.807, 2.05) is 10.8 Å². The summed E-state index contributed by atoms with van der Waals surface area (Å²) in [4.78, 5) is 8.64. The van der Waals surface area contributed by atoms with Crippen molar-refractivity contribution in [1.82, 2.24) is 14.5 Å². The van der Waals surface area contributed by atoms with E-state index in [1.54, 1.807) is 12.5 Å². The first kappa shape index (κ1) is 14.5. The van der Waals surface area contributed by atoms with Crippen molar-refractivity contribution in [1.29, 1.82) is 0 Å². The van der Waals surface area contributed by atoms with Crippen molar-refractivity contribution in [3.63, 3.8) is 0 Å². The maximum atomic E-state index is 14.3. The van der Waals surface area contributed by atoms with E-state index in [0.717, 1.165) is 19.0 Å². The number of likely N-dealkylation sites (tertiary alicyclic amines) is 1. The molecule has 8 heteroatoms. The van der Waals surface area contributed by atoms with Gasteiger partial charge in [-0.3, -0.25) is 4.90 Å². The Balaban J connectivity index is 1.78. The van der Waals surface area contributed by atoms with Gasteiger partial charge in [0.15, 0.2) is 0 Å². The number of azide groups is 1. The van der Waals surface area contributed by atoms with Crippen molar-refractivity contribution >= 4 is 5.69 Å². The Labute approximate surface area is 125 Å². The highest BCUT2D eigenvalue weighted by molar-refractivity contribution is 5.45. The molecule has 0 spiro atoms. The summed E-state index contributed by atoms with van der Waals surface area (Å²) in [5.41, 5.74) is 8.27. The van der Waals surface area contributed by atoms with E-state index in [-0.39, 0.29) is 5.92 Å². The molecule has 1 aromatic heterocycles. The van der Waals surface area contributed by atoms with Crippen LogP contribution in [0.3, 0.4) is 0 Å². The molecule has 114 valence electrons. The molecule has 1 aromatic carbocycles. The average molecular weight is 304 g/mol. The number of aromatic nitrogens is 2. The number of hydrogen-bond acceptors (Lipinski definition) is 3. The molecule has 1 fully saturated rings. The quantitative estimate of drug-likeness (QED) is 0.492. The van der Waals surface area contributed by atoms with E-state index in [2.05, 4.69) is 19.9 Å². The molecule has 1 atom stereocenters. The van der Waals surface area contributed by atoms with Gasteiger partial charge in [0, 0.05) is 36.3 Å². The average Bonchev–Trinajstić information content (AvgIpc) is 3.16. The lowest BCUT2D eigenvalue weighted by molar-refractivity contribution is 0.266. The zero-order valence-electron chi connectivity index (χ0n) is 11.7. The van der Waals surface area contributed by atoms with Crippen LogP contribution in [-0.4, -0.2) is 27.5 Å². The van der Waals surface area contributed by atoms with Gasteiger partial charge in [0.25, 0.3) is 0 Å². The molecule has 3 rings (SSSR count). The lowest BCUT2D eigenvalue weighted by atomic mass is 9.97. The van der Waals surface area contributed by atoms with Crippen LogP contribution in [0.4, 0.5) is 14.5 Å². The van der Waals surface area contributed by atoms with Gasteiger partial charge in [-0.15, -0.1) is 0 Å². The molecule has 1 unspecified atom stereocenters. The molecule has 2 heterocycles. The van der Waals surface area contributed by atoms with E-state index >= 15 is 0 Å². The third kappa shape index (κ3) is 2.79. The van der Waals surface area contributed by atoms with Gasteiger partial charge in [0.1, 0.15) is 17.3 Å². The van der Waals surface area contributed by atoms with Crippen molar-refractivity contribution in [2.24, 2.45) is 5.11 Å². The second-order valence-corrected chi connectivity index (χ2v) is 5.27. The molecule has 22 heavy (non-hydrogen) atoms. The van der Waals surface area contributed by atoms with Crippen LogP contribution >= 0.6 is 0 Å². The summed E-state index contributed by atoms with van der Waals surface area (Å²) < 4.78 is 29.8. The Hall–Kier alpha value is -2.44. The first-order valence-corrected chi connectivity index (χ1v) is 6.90. The smallest absolute Gasteiger partial charge is 0.139 e. The fourth-order valence-corrected chi connectivity index (χ4v) is 2.82. The molecular formula is C14H14F2N6. The Morgan fingerprint density at radius 2 is 2.27 bits per heavy atom. The molecule has 1 aliphatic rings. The van der Waals surface area contributed by atoms with E-state index in [0.29, 0.717) is 18.8 Å². The molecule has 6 nitrogen and oxygen atoms in total. The second-order valence-electron chi connectivity index (χ2n) is 5.27. The van der Waals surface area contributed by atoms with Gasteiger partial charge in [-0.1, -0.05) is 11.2 Å². The van der Waals surface area contributed by atoms with E-state index in [1.165, 1.54) is 6.07 Å². The third-order valence-corrected chi connectivity index (χ3v) is 3.88. The van der Waals surface area contributed by atoms with Crippen LogP contribution in [0.25, 0.3) is 10.4 Å². The predicted molar refractivity (Wildman–Crippen MR) is 76.3 cm³/mol. The third-order valence-electron chi connectivity index (χ3n) is 3.88. The molecule has 0 N–H and O–H groups in total. The van der Waals surface area contributed by atoms with Gasteiger partial charge in [0.2, 0.25) is 0 Å². The number of rotatable bonds is 4. The normalized spacial score (nSPS) is 18.4. The van der Waals surface area contributed by atoms with Crippen LogP contribution in [-0.2, 0) is 6.67 Å². The fourth-order valence-electron chi connectivity index (χ4n) is 2.82. The van der Waals surface area contributed by atoms with Crippen LogP contribution < -0.4 is 0 Å². The molecule has 0 bridgehead atoms. The molecular weight excluding hydrogens is 290 g/mol. The topological polar surface area (TPSA) is 69.8 Å². The molecule has 0 aliphatic carbocycles. The first-order chi connectivity index (χ1) is 10.7. The zero-order valence-corrected chi connectivity index (χ0v) is 11.7. The van der Waals surface area contributed by atoms with Crippen molar-refractivity contribution in [2.75, 3.05) is 13.1 Å². The second kappa shape index (κ2) is 6.13. The number of benzene rings is 1. The van der Waals surface area contributed by atoms with Crippen LogP contribution in [0.5, 0.6) is 0 Å². The summed E-state index contributed by atoms with van der Waals surface area (Å²) in [5, 5.41) is 3.12. The molecule has 0 radical (unpaired) electrons. The molecule has 0 saturated carbocycles. The summed E-state index contributed by atoms with van der Waals surface area (Å²) in [6, 6.07) is 2.59. The van der Waals surface area contributed by atoms with Crippen molar-refractivity contribution in [2.45, 2.75) is 19.0 Å². The summed E-state index contributed by atoms with van der Waals surface area (Å²) in [7, 11) is 0. The minimum atomic E-state index is -0.840. The van der Waals surface area contributed by atoms with Gasteiger partial charge in [-0.05, 0) is 23.6 Å². The van der Waals surface area contributed by atoms with E-state index in [4.69, 9.17) is 5.53 Å². The highest BCUT2D eigenvalue weighted by Gasteiger charge is 2.27. The Bertz CT molecular complexity index is 708. The van der Waals surface area contributed by atoms with Gasteiger partial charge in [-0.25, -0.2) is 13.8 Å². The van der Waals surface area contributed by atoms with Gasteiger partial charge >= 0.3 is 0 Å². The van der Waals surface area contributed by atoms with Crippen LogP contribution in [0, 0.1) is 11.6 Å².